The fraction of sp³-hybridized carbons (Fsp3) is 0.333. The number of benzene rings is 1. The molecule has 20 heavy (non-hydrogen) atoms. The summed E-state index contributed by atoms with van der Waals surface area (Å²) in [5, 5.41) is 0.159. The van der Waals surface area contributed by atoms with Gasteiger partial charge in [-0.05, 0) is 12.1 Å². The Hall–Kier alpha value is -1.77. The van der Waals surface area contributed by atoms with Crippen LogP contribution in [0.2, 0.25) is 0 Å². The topological polar surface area (TPSA) is 102 Å². The van der Waals surface area contributed by atoms with Gasteiger partial charge in [0.2, 0.25) is 5.91 Å². The third-order valence-electron chi connectivity index (χ3n) is 2.67. The first kappa shape index (κ1) is 14.6. The molecule has 0 saturated heterocycles. The lowest BCUT2D eigenvalue weighted by Crippen LogP contribution is -2.39. The third-order valence-corrected chi connectivity index (χ3v) is 3.73. The molecule has 8 heteroatoms. The molecule has 1 atom stereocenters. The van der Waals surface area contributed by atoms with Crippen molar-refractivity contribution in [1.82, 2.24) is 15.4 Å². The highest BCUT2D eigenvalue weighted by Gasteiger charge is 2.20. The molecular weight excluding hydrogens is 280 g/mol. The van der Waals surface area contributed by atoms with Gasteiger partial charge in [-0.15, -0.1) is 0 Å². The van der Waals surface area contributed by atoms with Crippen LogP contribution in [0.4, 0.5) is 0 Å². The largest absolute Gasteiger partial charge is 0.497 e. The van der Waals surface area contributed by atoms with Crippen LogP contribution in [0.1, 0.15) is 0 Å². The number of fused-ring (bicyclic) bond motifs is 1. The van der Waals surface area contributed by atoms with Crippen molar-refractivity contribution in [2.24, 2.45) is 5.84 Å². The minimum absolute atomic E-state index is 0.244. The lowest BCUT2D eigenvalue weighted by Gasteiger charge is -2.11. The molecule has 0 aliphatic rings. The van der Waals surface area contributed by atoms with Gasteiger partial charge in [0.25, 0.3) is 0 Å². The monoisotopic (exact) mass is 296 g/mol. The Morgan fingerprint density at radius 1 is 1.55 bits per heavy atom. The van der Waals surface area contributed by atoms with Crippen LogP contribution in [0.25, 0.3) is 11.0 Å². The number of methoxy groups -OCH3 is 2. The second kappa shape index (κ2) is 6.60. The van der Waals surface area contributed by atoms with Gasteiger partial charge in [-0.1, -0.05) is 11.8 Å². The summed E-state index contributed by atoms with van der Waals surface area (Å²) in [6, 6.07) is 5.53. The van der Waals surface area contributed by atoms with E-state index in [0.29, 0.717) is 5.16 Å². The van der Waals surface area contributed by atoms with Crippen LogP contribution in [0.3, 0.4) is 0 Å². The smallest absolute Gasteiger partial charge is 0.249 e. The summed E-state index contributed by atoms with van der Waals surface area (Å²) in [7, 11) is 3.13. The van der Waals surface area contributed by atoms with Crippen molar-refractivity contribution >= 4 is 28.7 Å². The van der Waals surface area contributed by atoms with E-state index in [1.165, 1.54) is 18.9 Å². The average Bonchev–Trinajstić information content (AvgIpc) is 2.87. The number of aromatic nitrogens is 2. The predicted octanol–water partition coefficient (Wildman–Crippen LogP) is 0.669. The Kier molecular flexibility index (Phi) is 4.83. The number of imidazole rings is 1. The molecule has 108 valence electrons. The zero-order chi connectivity index (χ0) is 14.5. The van der Waals surface area contributed by atoms with Gasteiger partial charge in [0.15, 0.2) is 5.16 Å². The maximum atomic E-state index is 11.6. The third kappa shape index (κ3) is 3.21. The van der Waals surface area contributed by atoms with Crippen molar-refractivity contribution in [2.45, 2.75) is 10.4 Å². The molecule has 7 nitrogen and oxygen atoms in total. The van der Waals surface area contributed by atoms with Crippen LogP contribution in [0.5, 0.6) is 5.75 Å². The zero-order valence-electron chi connectivity index (χ0n) is 11.2. The molecule has 0 radical (unpaired) electrons. The number of nitrogens with one attached hydrogen (secondary N) is 2. The fourth-order valence-electron chi connectivity index (χ4n) is 1.69. The molecule has 0 fully saturated rings. The number of rotatable bonds is 6. The van der Waals surface area contributed by atoms with Gasteiger partial charge in [-0.25, -0.2) is 10.8 Å². The van der Waals surface area contributed by atoms with E-state index >= 15 is 0 Å². The molecule has 1 aromatic heterocycles. The SMILES string of the molecule is COCC(Sc1nc2ccc(OC)cc2[nH]1)C(=O)NN. The van der Waals surface area contributed by atoms with Crippen LogP contribution >= 0.6 is 11.8 Å². The quantitative estimate of drug-likeness (QED) is 0.313. The zero-order valence-corrected chi connectivity index (χ0v) is 12.0. The van der Waals surface area contributed by atoms with Gasteiger partial charge < -0.3 is 14.5 Å². The van der Waals surface area contributed by atoms with Crippen LogP contribution in [-0.4, -0.2) is 42.0 Å². The molecule has 2 aromatic rings. The number of carbonyl (C=O) groups excluding carboxylic acids is 1. The first-order valence-electron chi connectivity index (χ1n) is 5.87. The van der Waals surface area contributed by atoms with E-state index in [4.69, 9.17) is 15.3 Å². The molecule has 0 saturated carbocycles. The summed E-state index contributed by atoms with van der Waals surface area (Å²) in [6.45, 7) is 0.244. The summed E-state index contributed by atoms with van der Waals surface area (Å²) in [6.07, 6.45) is 0. The number of aromatic amines is 1. The number of carbonyl (C=O) groups is 1. The molecule has 4 N–H and O–H groups in total. The van der Waals surface area contributed by atoms with Gasteiger partial charge in [0.05, 0.1) is 24.8 Å². The first-order valence-corrected chi connectivity index (χ1v) is 6.75. The molecule has 0 aliphatic heterocycles. The van der Waals surface area contributed by atoms with Crippen molar-refractivity contribution in [1.29, 1.82) is 0 Å². The minimum atomic E-state index is -0.465. The molecule has 0 spiro atoms. The molecule has 2 rings (SSSR count). The molecule has 0 bridgehead atoms. The van der Waals surface area contributed by atoms with Crippen molar-refractivity contribution < 1.29 is 14.3 Å². The van der Waals surface area contributed by atoms with E-state index in [1.807, 2.05) is 18.2 Å². The van der Waals surface area contributed by atoms with E-state index in [9.17, 15) is 4.79 Å². The van der Waals surface area contributed by atoms with Gasteiger partial charge in [-0.3, -0.25) is 10.2 Å². The highest BCUT2D eigenvalue weighted by molar-refractivity contribution is 8.00. The van der Waals surface area contributed by atoms with Gasteiger partial charge in [0, 0.05) is 13.2 Å². The molecule has 1 amide bonds. The van der Waals surface area contributed by atoms with E-state index in [1.54, 1.807) is 7.11 Å². The Balaban J connectivity index is 2.21. The summed E-state index contributed by atoms with van der Waals surface area (Å²) < 4.78 is 10.2. The summed E-state index contributed by atoms with van der Waals surface area (Å²) >= 11 is 1.26. The summed E-state index contributed by atoms with van der Waals surface area (Å²) in [5.74, 6) is 5.59. The summed E-state index contributed by atoms with van der Waals surface area (Å²) in [4.78, 5) is 19.2. The van der Waals surface area contributed by atoms with E-state index in [-0.39, 0.29) is 12.5 Å². The average molecular weight is 296 g/mol. The predicted molar refractivity (Wildman–Crippen MR) is 76.5 cm³/mol. The molecule has 1 unspecified atom stereocenters. The summed E-state index contributed by atoms with van der Waals surface area (Å²) in [5.41, 5.74) is 3.77. The second-order valence-electron chi connectivity index (χ2n) is 4.00. The van der Waals surface area contributed by atoms with Gasteiger partial charge in [0.1, 0.15) is 11.0 Å². The highest BCUT2D eigenvalue weighted by Crippen LogP contribution is 2.26. The van der Waals surface area contributed by atoms with E-state index < -0.39 is 5.25 Å². The van der Waals surface area contributed by atoms with Crippen LogP contribution in [0.15, 0.2) is 23.4 Å². The van der Waals surface area contributed by atoms with Gasteiger partial charge >= 0.3 is 0 Å². The normalized spacial score (nSPS) is 12.3. The van der Waals surface area contributed by atoms with E-state index in [0.717, 1.165) is 16.8 Å². The van der Waals surface area contributed by atoms with Crippen molar-refractivity contribution in [3.8, 4) is 5.75 Å². The number of amides is 1. The first-order chi connectivity index (χ1) is 9.67. The molecule has 1 heterocycles. The van der Waals surface area contributed by atoms with Crippen LogP contribution in [0, 0.1) is 0 Å². The van der Waals surface area contributed by atoms with E-state index in [2.05, 4.69) is 15.4 Å². The van der Waals surface area contributed by atoms with Gasteiger partial charge in [-0.2, -0.15) is 0 Å². The van der Waals surface area contributed by atoms with Crippen LogP contribution in [-0.2, 0) is 9.53 Å². The Morgan fingerprint density at radius 2 is 2.35 bits per heavy atom. The number of hydrogen-bond acceptors (Lipinski definition) is 6. The molecule has 0 aliphatic carbocycles. The number of nitrogens with two attached hydrogens (primary N) is 1. The Bertz CT molecular complexity index is 601. The molecule has 1 aromatic carbocycles. The number of nitrogens with zero attached hydrogens (tertiary/aromatic N) is 1. The lowest BCUT2D eigenvalue weighted by atomic mass is 10.3. The number of hydrogen-bond donors (Lipinski definition) is 3. The Labute approximate surface area is 120 Å². The maximum absolute atomic E-state index is 11.6. The standard InChI is InChI=1S/C12H16N4O3S/c1-18-6-10(11(17)16-13)20-12-14-8-4-3-7(19-2)5-9(8)15-12/h3-5,10H,6,13H2,1-2H3,(H,14,15)(H,16,17). The molecular formula is C12H16N4O3S. The van der Waals surface area contributed by atoms with Crippen molar-refractivity contribution in [3.63, 3.8) is 0 Å². The second-order valence-corrected chi connectivity index (χ2v) is 5.19. The number of H-pyrrole nitrogens is 1. The van der Waals surface area contributed by atoms with Crippen LogP contribution < -0.4 is 16.0 Å². The number of thioether (sulfide) groups is 1. The van der Waals surface area contributed by atoms with Crippen molar-refractivity contribution in [2.75, 3.05) is 20.8 Å². The number of ether oxygens (including phenoxy) is 2. The number of hydrazine groups is 1. The van der Waals surface area contributed by atoms with Crippen molar-refractivity contribution in [3.05, 3.63) is 18.2 Å². The minimum Gasteiger partial charge on any atom is -0.497 e. The maximum Gasteiger partial charge on any atom is 0.249 e. The lowest BCUT2D eigenvalue weighted by molar-refractivity contribution is -0.121. The Morgan fingerprint density at radius 3 is 3.00 bits per heavy atom. The highest BCUT2D eigenvalue weighted by atomic mass is 32.2. The fourth-order valence-corrected chi connectivity index (χ4v) is 2.66.